The van der Waals surface area contributed by atoms with E-state index in [4.69, 9.17) is 10.4 Å². The van der Waals surface area contributed by atoms with Gasteiger partial charge in [-0.15, -0.1) is 0 Å². The van der Waals surface area contributed by atoms with Crippen molar-refractivity contribution in [3.63, 3.8) is 0 Å². The van der Waals surface area contributed by atoms with Gasteiger partial charge in [-0.05, 0) is 18.8 Å². The summed E-state index contributed by atoms with van der Waals surface area (Å²) in [7, 11) is 0. The maximum atomic E-state index is 11.5. The van der Waals surface area contributed by atoms with Crippen molar-refractivity contribution < 1.29 is 14.7 Å². The maximum Gasteiger partial charge on any atom is 0.322 e. The van der Waals surface area contributed by atoms with E-state index in [1.54, 1.807) is 6.07 Å². The average molecular weight is 265 g/mol. The summed E-state index contributed by atoms with van der Waals surface area (Å²) in [4.78, 5) is 21.9. The van der Waals surface area contributed by atoms with Crippen LogP contribution < -0.4 is 10.6 Å². The van der Waals surface area contributed by atoms with Gasteiger partial charge in [0, 0.05) is 12.2 Å². The van der Waals surface area contributed by atoms with E-state index >= 15 is 0 Å². The second-order valence-corrected chi connectivity index (χ2v) is 4.78. The first-order valence-electron chi connectivity index (χ1n) is 6.41. The Kier molecular flexibility index (Phi) is 5.86. The Bertz CT molecular complexity index is 412. The molecule has 19 heavy (non-hydrogen) atoms. The topological polar surface area (TPSA) is 102 Å². The van der Waals surface area contributed by atoms with Gasteiger partial charge in [0.1, 0.15) is 18.2 Å². The van der Waals surface area contributed by atoms with Crippen molar-refractivity contribution in [3.05, 3.63) is 11.8 Å². The molecule has 0 aromatic carbocycles. The lowest BCUT2D eigenvalue weighted by Crippen LogP contribution is -2.35. The normalized spacial score (nSPS) is 23.3. The number of amides is 1. The third kappa shape index (κ3) is 5.00. The van der Waals surface area contributed by atoms with Crippen LogP contribution >= 0.6 is 0 Å². The van der Waals surface area contributed by atoms with E-state index in [-0.39, 0.29) is 11.6 Å². The number of carbonyl (C=O) groups is 2. The molecule has 1 rings (SSSR count). The fraction of sp³-hybridized carbons (Fsp3) is 0.615. The molecule has 0 aromatic heterocycles. The molecular weight excluding hydrogens is 246 g/mol. The van der Waals surface area contributed by atoms with Crippen LogP contribution in [-0.2, 0) is 9.59 Å². The van der Waals surface area contributed by atoms with Gasteiger partial charge in [0.2, 0.25) is 0 Å². The number of aliphatic carboxylic acids is 1. The Morgan fingerprint density at radius 3 is 2.68 bits per heavy atom. The summed E-state index contributed by atoms with van der Waals surface area (Å²) < 4.78 is 0. The Morgan fingerprint density at radius 1 is 1.42 bits per heavy atom. The van der Waals surface area contributed by atoms with E-state index in [1.807, 2.05) is 0 Å². The molecule has 6 heteroatoms. The van der Waals surface area contributed by atoms with Crippen LogP contribution in [0.4, 0.5) is 0 Å². The van der Waals surface area contributed by atoms with Gasteiger partial charge < -0.3 is 15.7 Å². The second-order valence-electron chi connectivity index (χ2n) is 4.78. The van der Waals surface area contributed by atoms with Gasteiger partial charge in [0.25, 0.3) is 5.91 Å². The van der Waals surface area contributed by atoms with Crippen molar-refractivity contribution >= 4 is 11.9 Å². The molecule has 0 aromatic rings. The van der Waals surface area contributed by atoms with Crippen molar-refractivity contribution in [1.29, 1.82) is 5.26 Å². The third-order valence-corrected chi connectivity index (χ3v) is 3.32. The lowest BCUT2D eigenvalue weighted by Gasteiger charge is -2.29. The second kappa shape index (κ2) is 7.41. The van der Waals surface area contributed by atoms with Crippen LogP contribution in [0, 0.1) is 17.2 Å². The number of carboxylic acids is 1. The summed E-state index contributed by atoms with van der Waals surface area (Å²) in [6, 6.07) is 2.04. The van der Waals surface area contributed by atoms with Gasteiger partial charge in [-0.2, -0.15) is 5.26 Å². The predicted octanol–water partition coefficient (Wildman–Crippen LogP) is 0.763. The smallest absolute Gasteiger partial charge is 0.322 e. The largest absolute Gasteiger partial charge is 0.480 e. The van der Waals surface area contributed by atoms with Crippen LogP contribution in [0.3, 0.4) is 0 Å². The molecule has 2 atom stereocenters. The van der Waals surface area contributed by atoms with E-state index in [0.717, 1.165) is 19.3 Å². The molecule has 1 saturated carbocycles. The quantitative estimate of drug-likeness (QED) is 0.503. The Labute approximate surface area is 112 Å². The number of carbonyl (C=O) groups excluding carboxylic acids is 1. The summed E-state index contributed by atoms with van der Waals surface area (Å²) in [5.41, 5.74) is -0.0981. The molecule has 0 radical (unpaired) electrons. The number of nitrogens with zero attached hydrogens (tertiary/aromatic N) is 1. The SMILES string of the molecule is CC1CCCCC1N/C=C(/C#N)C(=O)NCC(=O)O. The molecule has 0 aliphatic heterocycles. The van der Waals surface area contributed by atoms with Gasteiger partial charge in [-0.25, -0.2) is 0 Å². The molecular formula is C13H19N3O3. The molecule has 0 spiro atoms. The first-order chi connectivity index (χ1) is 9.04. The first-order valence-corrected chi connectivity index (χ1v) is 6.41. The molecule has 6 nitrogen and oxygen atoms in total. The van der Waals surface area contributed by atoms with Crippen LogP contribution in [0.5, 0.6) is 0 Å². The van der Waals surface area contributed by atoms with Crippen LogP contribution in [0.15, 0.2) is 11.8 Å². The molecule has 0 bridgehead atoms. The zero-order valence-corrected chi connectivity index (χ0v) is 11.0. The fourth-order valence-electron chi connectivity index (χ4n) is 2.15. The number of hydrogen-bond donors (Lipinski definition) is 3. The van der Waals surface area contributed by atoms with Crippen LogP contribution in [0.2, 0.25) is 0 Å². The zero-order valence-electron chi connectivity index (χ0n) is 11.0. The van der Waals surface area contributed by atoms with E-state index in [9.17, 15) is 9.59 Å². The zero-order chi connectivity index (χ0) is 14.3. The average Bonchev–Trinajstić information content (AvgIpc) is 2.39. The lowest BCUT2D eigenvalue weighted by atomic mass is 9.86. The molecule has 1 aliphatic rings. The fourth-order valence-corrected chi connectivity index (χ4v) is 2.15. The number of hydrogen-bond acceptors (Lipinski definition) is 4. The Morgan fingerprint density at radius 2 is 2.11 bits per heavy atom. The van der Waals surface area contributed by atoms with Crippen LogP contribution in [-0.4, -0.2) is 29.6 Å². The van der Waals surface area contributed by atoms with Gasteiger partial charge in [-0.3, -0.25) is 9.59 Å². The number of rotatable bonds is 5. The summed E-state index contributed by atoms with van der Waals surface area (Å²) in [5.74, 6) is -1.30. The van der Waals surface area contributed by atoms with Crippen molar-refractivity contribution in [2.45, 2.75) is 38.6 Å². The molecule has 0 heterocycles. The molecule has 3 N–H and O–H groups in total. The molecule has 1 fully saturated rings. The van der Waals surface area contributed by atoms with Crippen LogP contribution in [0.25, 0.3) is 0 Å². The predicted molar refractivity (Wildman–Crippen MR) is 68.9 cm³/mol. The van der Waals surface area contributed by atoms with E-state index < -0.39 is 18.4 Å². The van der Waals surface area contributed by atoms with E-state index in [1.165, 1.54) is 12.6 Å². The highest BCUT2D eigenvalue weighted by atomic mass is 16.4. The first kappa shape index (κ1) is 15.0. The molecule has 104 valence electrons. The number of carboxylic acid groups (broad SMARTS) is 1. The minimum absolute atomic E-state index is 0.0981. The van der Waals surface area contributed by atoms with Crippen molar-refractivity contribution in [2.24, 2.45) is 5.92 Å². The minimum Gasteiger partial charge on any atom is -0.480 e. The monoisotopic (exact) mass is 265 g/mol. The molecule has 2 unspecified atom stereocenters. The van der Waals surface area contributed by atoms with Gasteiger partial charge in [0.05, 0.1) is 0 Å². The van der Waals surface area contributed by atoms with Gasteiger partial charge >= 0.3 is 5.97 Å². The number of nitrogens with one attached hydrogen (secondary N) is 2. The molecule has 0 saturated heterocycles. The van der Waals surface area contributed by atoms with E-state index in [0.29, 0.717) is 5.92 Å². The summed E-state index contributed by atoms with van der Waals surface area (Å²) >= 11 is 0. The molecule has 1 amide bonds. The lowest BCUT2D eigenvalue weighted by molar-refractivity contribution is -0.137. The summed E-state index contributed by atoms with van der Waals surface area (Å²) in [6.45, 7) is 1.65. The van der Waals surface area contributed by atoms with Crippen LogP contribution in [0.1, 0.15) is 32.6 Å². The number of nitriles is 1. The standard InChI is InChI=1S/C13H19N3O3/c1-9-4-2-3-5-11(9)15-7-10(6-14)13(19)16-8-12(17)18/h7,9,11,15H,2-5,8H2,1H3,(H,16,19)(H,17,18)/b10-7-. The van der Waals surface area contributed by atoms with Gasteiger partial charge in [0.15, 0.2) is 0 Å². The summed E-state index contributed by atoms with van der Waals surface area (Å²) in [6.07, 6.45) is 5.91. The van der Waals surface area contributed by atoms with E-state index in [2.05, 4.69) is 17.6 Å². The highest BCUT2D eigenvalue weighted by molar-refractivity contribution is 5.98. The highest BCUT2D eigenvalue weighted by Gasteiger charge is 2.20. The highest BCUT2D eigenvalue weighted by Crippen LogP contribution is 2.23. The third-order valence-electron chi connectivity index (χ3n) is 3.32. The van der Waals surface area contributed by atoms with Crippen molar-refractivity contribution in [2.75, 3.05) is 6.54 Å². The van der Waals surface area contributed by atoms with Crippen molar-refractivity contribution in [1.82, 2.24) is 10.6 Å². The molecule has 1 aliphatic carbocycles. The van der Waals surface area contributed by atoms with Gasteiger partial charge in [-0.1, -0.05) is 19.8 Å². The summed E-state index contributed by atoms with van der Waals surface area (Å²) in [5, 5.41) is 22.6. The Hall–Kier alpha value is -2.03. The maximum absolute atomic E-state index is 11.5. The minimum atomic E-state index is -1.14. The van der Waals surface area contributed by atoms with Crippen molar-refractivity contribution in [3.8, 4) is 6.07 Å². The Balaban J connectivity index is 2.53.